The molecule has 0 radical (unpaired) electrons. The number of anilines is 1. The fourth-order valence-electron chi connectivity index (χ4n) is 2.31. The highest BCUT2D eigenvalue weighted by atomic mass is 19.1. The Morgan fingerprint density at radius 2 is 2.14 bits per heavy atom. The summed E-state index contributed by atoms with van der Waals surface area (Å²) in [5.41, 5.74) is 1.02. The van der Waals surface area contributed by atoms with Gasteiger partial charge in [-0.3, -0.25) is 4.79 Å². The molecule has 1 unspecified atom stereocenters. The van der Waals surface area contributed by atoms with E-state index in [1.165, 1.54) is 25.3 Å². The third kappa shape index (κ3) is 2.54. The summed E-state index contributed by atoms with van der Waals surface area (Å²) in [7, 11) is 1.44. The summed E-state index contributed by atoms with van der Waals surface area (Å²) in [6, 6.07) is 11.2. The highest BCUT2D eigenvalue weighted by Crippen LogP contribution is 2.30. The molecule has 0 spiro atoms. The topological polar surface area (TPSA) is 47.6 Å². The van der Waals surface area contributed by atoms with Crippen molar-refractivity contribution in [1.29, 1.82) is 0 Å². The number of fused-ring (bicyclic) bond motifs is 1. The summed E-state index contributed by atoms with van der Waals surface area (Å²) >= 11 is 0. The van der Waals surface area contributed by atoms with Crippen LogP contribution in [0.15, 0.2) is 42.5 Å². The van der Waals surface area contributed by atoms with Gasteiger partial charge >= 0.3 is 0 Å². The molecular weight excluding hydrogens is 273 g/mol. The number of carbonyl (C=O) groups excluding carboxylic acids is 1. The summed E-state index contributed by atoms with van der Waals surface area (Å²) in [6.45, 7) is 0.329. The SMILES string of the molecule is COc1ccc(F)cc1C(=O)C1CNc2ccccc2O1. The number of halogens is 1. The van der Waals surface area contributed by atoms with Gasteiger partial charge in [0.1, 0.15) is 17.3 Å². The van der Waals surface area contributed by atoms with Crippen LogP contribution in [0.1, 0.15) is 10.4 Å². The molecule has 5 heteroatoms. The van der Waals surface area contributed by atoms with Crippen LogP contribution < -0.4 is 14.8 Å². The van der Waals surface area contributed by atoms with Crippen molar-refractivity contribution in [2.45, 2.75) is 6.10 Å². The molecule has 108 valence electrons. The van der Waals surface area contributed by atoms with Crippen LogP contribution in [0, 0.1) is 5.82 Å². The smallest absolute Gasteiger partial charge is 0.208 e. The van der Waals surface area contributed by atoms with Crippen molar-refractivity contribution in [3.63, 3.8) is 0 Å². The molecule has 2 aromatic carbocycles. The normalized spacial score (nSPS) is 16.4. The third-order valence-corrected chi connectivity index (χ3v) is 3.35. The van der Waals surface area contributed by atoms with Crippen LogP contribution in [-0.4, -0.2) is 25.5 Å². The van der Waals surface area contributed by atoms with Crippen LogP contribution in [0.4, 0.5) is 10.1 Å². The van der Waals surface area contributed by atoms with Crippen LogP contribution in [0.3, 0.4) is 0 Å². The molecule has 0 aromatic heterocycles. The number of carbonyl (C=O) groups is 1. The first kappa shape index (κ1) is 13.4. The number of benzene rings is 2. The van der Waals surface area contributed by atoms with Gasteiger partial charge in [0.05, 0.1) is 24.9 Å². The Kier molecular flexibility index (Phi) is 3.48. The van der Waals surface area contributed by atoms with Gasteiger partial charge in [-0.15, -0.1) is 0 Å². The zero-order valence-electron chi connectivity index (χ0n) is 11.4. The lowest BCUT2D eigenvalue weighted by Gasteiger charge is -2.26. The van der Waals surface area contributed by atoms with Crippen molar-refractivity contribution in [2.24, 2.45) is 0 Å². The first-order chi connectivity index (χ1) is 10.2. The second-order valence-electron chi connectivity index (χ2n) is 4.69. The number of ketones is 1. The first-order valence-corrected chi connectivity index (χ1v) is 6.56. The van der Waals surface area contributed by atoms with Crippen LogP contribution in [0.2, 0.25) is 0 Å². The van der Waals surface area contributed by atoms with E-state index in [4.69, 9.17) is 9.47 Å². The van der Waals surface area contributed by atoms with Gasteiger partial charge in [-0.25, -0.2) is 4.39 Å². The first-order valence-electron chi connectivity index (χ1n) is 6.56. The molecule has 0 amide bonds. The Labute approximate surface area is 121 Å². The third-order valence-electron chi connectivity index (χ3n) is 3.35. The molecule has 1 atom stereocenters. The van der Waals surface area contributed by atoms with Crippen LogP contribution >= 0.6 is 0 Å². The van der Waals surface area contributed by atoms with Crippen molar-refractivity contribution in [2.75, 3.05) is 19.0 Å². The molecule has 0 aliphatic carbocycles. The minimum atomic E-state index is -0.712. The predicted molar refractivity (Wildman–Crippen MR) is 76.6 cm³/mol. The van der Waals surface area contributed by atoms with E-state index in [1.54, 1.807) is 6.07 Å². The molecule has 3 rings (SSSR count). The van der Waals surface area contributed by atoms with Crippen molar-refractivity contribution < 1.29 is 18.7 Å². The summed E-state index contributed by atoms with van der Waals surface area (Å²) in [6.07, 6.45) is -0.712. The van der Waals surface area contributed by atoms with Crippen LogP contribution in [-0.2, 0) is 0 Å². The van der Waals surface area contributed by atoms with E-state index in [0.29, 0.717) is 18.0 Å². The fraction of sp³-hybridized carbons (Fsp3) is 0.188. The van der Waals surface area contributed by atoms with E-state index in [0.717, 1.165) is 5.69 Å². The standard InChI is InChI=1S/C16H14FNO3/c1-20-13-7-6-10(17)8-11(13)16(19)15-9-18-12-4-2-3-5-14(12)21-15/h2-8,15,18H,9H2,1H3. The molecule has 0 saturated heterocycles. The number of ether oxygens (including phenoxy) is 2. The van der Waals surface area contributed by atoms with Gasteiger partial charge in [0.25, 0.3) is 0 Å². The number of hydrogen-bond donors (Lipinski definition) is 1. The van der Waals surface area contributed by atoms with E-state index >= 15 is 0 Å². The van der Waals surface area contributed by atoms with Crippen LogP contribution in [0.25, 0.3) is 0 Å². The Morgan fingerprint density at radius 3 is 2.95 bits per heavy atom. The second kappa shape index (κ2) is 5.44. The molecule has 0 fully saturated rings. The van der Waals surface area contributed by atoms with Crippen molar-refractivity contribution >= 4 is 11.5 Å². The summed E-state index contributed by atoms with van der Waals surface area (Å²) < 4.78 is 24.2. The molecule has 1 aliphatic rings. The van der Waals surface area contributed by atoms with E-state index in [9.17, 15) is 9.18 Å². The maximum atomic E-state index is 13.4. The molecule has 2 aromatic rings. The van der Waals surface area contributed by atoms with Gasteiger partial charge in [0.15, 0.2) is 6.10 Å². The summed E-state index contributed by atoms with van der Waals surface area (Å²) in [5.74, 6) is 0.151. The molecule has 0 saturated carbocycles. The highest BCUT2D eigenvalue weighted by Gasteiger charge is 2.28. The van der Waals surface area contributed by atoms with Gasteiger partial charge in [0, 0.05) is 0 Å². The molecule has 1 heterocycles. The molecule has 21 heavy (non-hydrogen) atoms. The van der Waals surface area contributed by atoms with Crippen LogP contribution in [0.5, 0.6) is 11.5 Å². The summed E-state index contributed by atoms with van der Waals surface area (Å²) in [5, 5.41) is 3.14. The molecule has 1 N–H and O–H groups in total. The fourth-order valence-corrected chi connectivity index (χ4v) is 2.31. The van der Waals surface area contributed by atoms with Crippen molar-refractivity contribution in [1.82, 2.24) is 0 Å². The van der Waals surface area contributed by atoms with Gasteiger partial charge in [0.2, 0.25) is 5.78 Å². The number of para-hydroxylation sites is 2. The monoisotopic (exact) mass is 287 g/mol. The lowest BCUT2D eigenvalue weighted by atomic mass is 10.0. The van der Waals surface area contributed by atoms with Gasteiger partial charge in [-0.1, -0.05) is 12.1 Å². The molecule has 0 bridgehead atoms. The maximum Gasteiger partial charge on any atom is 0.208 e. The van der Waals surface area contributed by atoms with E-state index in [2.05, 4.69) is 5.32 Å². The number of methoxy groups -OCH3 is 1. The quantitative estimate of drug-likeness (QED) is 0.882. The van der Waals surface area contributed by atoms with Gasteiger partial charge in [-0.05, 0) is 30.3 Å². The Balaban J connectivity index is 1.89. The largest absolute Gasteiger partial charge is 0.496 e. The Bertz CT molecular complexity index is 687. The lowest BCUT2D eigenvalue weighted by Crippen LogP contribution is -2.38. The van der Waals surface area contributed by atoms with E-state index in [-0.39, 0.29) is 11.3 Å². The van der Waals surface area contributed by atoms with E-state index in [1.807, 2.05) is 18.2 Å². The average Bonchev–Trinajstić information content (AvgIpc) is 2.53. The lowest BCUT2D eigenvalue weighted by molar-refractivity contribution is 0.0798. The number of nitrogens with one attached hydrogen (secondary N) is 1. The molecule has 4 nitrogen and oxygen atoms in total. The number of Topliss-reactive ketones (excluding diaryl/α,β-unsaturated/α-hetero) is 1. The summed E-state index contributed by atoms with van der Waals surface area (Å²) in [4.78, 5) is 12.5. The molecule has 1 aliphatic heterocycles. The minimum absolute atomic E-state index is 0.184. The Morgan fingerprint density at radius 1 is 1.33 bits per heavy atom. The second-order valence-corrected chi connectivity index (χ2v) is 4.69. The van der Waals surface area contributed by atoms with Gasteiger partial charge < -0.3 is 14.8 Å². The number of hydrogen-bond acceptors (Lipinski definition) is 4. The van der Waals surface area contributed by atoms with E-state index < -0.39 is 11.9 Å². The highest BCUT2D eigenvalue weighted by molar-refractivity contribution is 6.02. The molecular formula is C16H14FNO3. The zero-order chi connectivity index (χ0) is 14.8. The van der Waals surface area contributed by atoms with Crippen molar-refractivity contribution in [3.05, 3.63) is 53.8 Å². The number of rotatable bonds is 3. The van der Waals surface area contributed by atoms with Crippen molar-refractivity contribution in [3.8, 4) is 11.5 Å². The minimum Gasteiger partial charge on any atom is -0.496 e. The van der Waals surface area contributed by atoms with Gasteiger partial charge in [-0.2, -0.15) is 0 Å². The average molecular weight is 287 g/mol. The zero-order valence-corrected chi connectivity index (χ0v) is 11.4. The predicted octanol–water partition coefficient (Wildman–Crippen LogP) is 2.89. The Hall–Kier alpha value is -2.56. The maximum absolute atomic E-state index is 13.4.